The van der Waals surface area contributed by atoms with Crippen molar-refractivity contribution >= 4 is 15.9 Å². The highest BCUT2D eigenvalue weighted by Crippen LogP contribution is 2.20. The van der Waals surface area contributed by atoms with E-state index in [0.29, 0.717) is 25.3 Å². The lowest BCUT2D eigenvalue weighted by molar-refractivity contribution is 0.0741. The van der Waals surface area contributed by atoms with E-state index in [9.17, 15) is 13.2 Å². The molecule has 8 heteroatoms. The van der Waals surface area contributed by atoms with Crippen LogP contribution in [0.3, 0.4) is 0 Å². The number of likely N-dealkylation sites (tertiary alicyclic amines) is 1. The molecule has 2 unspecified atom stereocenters. The number of rotatable bonds is 6. The normalized spacial score (nSPS) is 24.0. The summed E-state index contributed by atoms with van der Waals surface area (Å²) in [6, 6.07) is 6.14. The Morgan fingerprint density at radius 2 is 2.00 bits per heavy atom. The van der Waals surface area contributed by atoms with Crippen molar-refractivity contribution in [3.8, 4) is 0 Å². The Hall–Kier alpha value is -1.48. The molecule has 138 valence electrons. The zero-order chi connectivity index (χ0) is 17.9. The molecule has 2 saturated heterocycles. The molecule has 0 radical (unpaired) electrons. The zero-order valence-corrected chi connectivity index (χ0v) is 15.0. The van der Waals surface area contributed by atoms with Crippen LogP contribution in [0.1, 0.15) is 36.0 Å². The molecule has 2 heterocycles. The number of benzene rings is 1. The molecule has 0 aromatic heterocycles. The highest BCUT2D eigenvalue weighted by atomic mass is 32.2. The van der Waals surface area contributed by atoms with Crippen LogP contribution in [0, 0.1) is 0 Å². The molecule has 0 aliphatic carbocycles. The molecule has 0 bridgehead atoms. The first-order chi connectivity index (χ1) is 12.0. The Morgan fingerprint density at radius 3 is 2.64 bits per heavy atom. The average Bonchev–Trinajstić information content (AvgIpc) is 3.30. The molecule has 2 aliphatic rings. The molecule has 2 aliphatic heterocycles. The van der Waals surface area contributed by atoms with Gasteiger partial charge in [0.05, 0.1) is 11.0 Å². The van der Waals surface area contributed by atoms with Gasteiger partial charge in [0.15, 0.2) is 0 Å². The number of carbonyl (C=O) groups excluding carboxylic acids is 1. The fourth-order valence-electron chi connectivity index (χ4n) is 3.38. The Labute approximate surface area is 148 Å². The Kier molecular flexibility index (Phi) is 5.73. The maximum atomic E-state index is 12.6. The van der Waals surface area contributed by atoms with Crippen LogP contribution in [0.5, 0.6) is 0 Å². The molecule has 7 nitrogen and oxygen atoms in total. The number of nitrogens with one attached hydrogen (secondary N) is 1. The number of sulfonamides is 1. The molecular formula is C17H25N3O4S. The predicted octanol–water partition coefficient (Wildman–Crippen LogP) is 0.707. The Balaban J connectivity index is 1.65. The van der Waals surface area contributed by atoms with Gasteiger partial charge in [-0.2, -0.15) is 0 Å². The maximum Gasteiger partial charge on any atom is 0.254 e. The van der Waals surface area contributed by atoms with Crippen LogP contribution in [-0.2, 0) is 14.8 Å². The predicted molar refractivity (Wildman–Crippen MR) is 93.7 cm³/mol. The lowest BCUT2D eigenvalue weighted by atomic mass is 10.1. The third-order valence-corrected chi connectivity index (χ3v) is 6.29. The second-order valence-corrected chi connectivity index (χ2v) is 8.31. The summed E-state index contributed by atoms with van der Waals surface area (Å²) in [5.74, 6) is -0.0933. The number of carbonyl (C=O) groups is 1. The average molecular weight is 367 g/mol. The number of nitrogens with zero attached hydrogens (tertiary/aromatic N) is 1. The third-order valence-electron chi connectivity index (χ3n) is 4.85. The van der Waals surface area contributed by atoms with E-state index in [-0.39, 0.29) is 29.5 Å². The first-order valence-corrected chi connectivity index (χ1v) is 10.2. The molecule has 1 aromatic carbocycles. The first-order valence-electron chi connectivity index (χ1n) is 8.73. The Bertz CT molecular complexity index is 699. The summed E-state index contributed by atoms with van der Waals surface area (Å²) in [6.45, 7) is 2.10. The molecule has 1 amide bonds. The van der Waals surface area contributed by atoms with Gasteiger partial charge >= 0.3 is 0 Å². The summed E-state index contributed by atoms with van der Waals surface area (Å²) in [5.41, 5.74) is 6.20. The Morgan fingerprint density at radius 1 is 1.24 bits per heavy atom. The summed E-state index contributed by atoms with van der Waals surface area (Å²) < 4.78 is 32.7. The van der Waals surface area contributed by atoms with E-state index in [0.717, 1.165) is 25.7 Å². The van der Waals surface area contributed by atoms with E-state index in [4.69, 9.17) is 10.5 Å². The number of nitrogens with two attached hydrogens (primary N) is 1. The summed E-state index contributed by atoms with van der Waals surface area (Å²) in [7, 11) is -3.60. The number of amides is 1. The van der Waals surface area contributed by atoms with Gasteiger partial charge in [0.2, 0.25) is 10.0 Å². The van der Waals surface area contributed by atoms with Crippen molar-refractivity contribution in [2.24, 2.45) is 5.73 Å². The van der Waals surface area contributed by atoms with Gasteiger partial charge in [-0.05, 0) is 49.9 Å². The van der Waals surface area contributed by atoms with E-state index in [1.165, 1.54) is 12.1 Å². The molecule has 2 fully saturated rings. The van der Waals surface area contributed by atoms with Crippen molar-refractivity contribution in [3.63, 3.8) is 0 Å². The van der Waals surface area contributed by atoms with E-state index in [2.05, 4.69) is 4.72 Å². The fraction of sp³-hybridized carbons (Fsp3) is 0.588. The zero-order valence-electron chi connectivity index (χ0n) is 14.2. The van der Waals surface area contributed by atoms with E-state index < -0.39 is 10.0 Å². The minimum Gasteiger partial charge on any atom is -0.377 e. The maximum absolute atomic E-state index is 12.6. The van der Waals surface area contributed by atoms with E-state index in [1.807, 2.05) is 0 Å². The second-order valence-electron chi connectivity index (χ2n) is 6.54. The summed E-state index contributed by atoms with van der Waals surface area (Å²) in [6.07, 6.45) is 3.64. The van der Waals surface area contributed by atoms with Gasteiger partial charge in [-0.15, -0.1) is 0 Å². The quantitative estimate of drug-likeness (QED) is 0.771. The van der Waals surface area contributed by atoms with Gasteiger partial charge in [-0.1, -0.05) is 0 Å². The molecular weight excluding hydrogens is 342 g/mol. The van der Waals surface area contributed by atoms with Crippen LogP contribution in [-0.4, -0.2) is 57.6 Å². The van der Waals surface area contributed by atoms with Crippen LogP contribution >= 0.6 is 0 Å². The van der Waals surface area contributed by atoms with Crippen LogP contribution in [0.2, 0.25) is 0 Å². The monoisotopic (exact) mass is 367 g/mol. The van der Waals surface area contributed by atoms with Crippen molar-refractivity contribution in [1.82, 2.24) is 9.62 Å². The molecule has 2 atom stereocenters. The number of hydrogen-bond donors (Lipinski definition) is 2. The van der Waals surface area contributed by atoms with Crippen molar-refractivity contribution in [3.05, 3.63) is 29.8 Å². The molecule has 3 N–H and O–H groups in total. The van der Waals surface area contributed by atoms with Gasteiger partial charge in [-0.25, -0.2) is 13.1 Å². The first kappa shape index (κ1) is 18.3. The molecule has 25 heavy (non-hydrogen) atoms. The van der Waals surface area contributed by atoms with Crippen molar-refractivity contribution in [1.29, 1.82) is 0 Å². The van der Waals surface area contributed by atoms with Crippen LogP contribution in [0.15, 0.2) is 29.2 Å². The van der Waals surface area contributed by atoms with E-state index >= 15 is 0 Å². The summed E-state index contributed by atoms with van der Waals surface area (Å²) >= 11 is 0. The van der Waals surface area contributed by atoms with E-state index in [1.54, 1.807) is 17.0 Å². The van der Waals surface area contributed by atoms with Gasteiger partial charge in [0, 0.05) is 37.8 Å². The number of ether oxygens (including phenoxy) is 1. The molecule has 0 saturated carbocycles. The van der Waals surface area contributed by atoms with Crippen LogP contribution in [0.4, 0.5) is 0 Å². The highest BCUT2D eigenvalue weighted by Gasteiger charge is 2.28. The third kappa shape index (κ3) is 4.20. The molecule has 0 spiro atoms. The lowest BCUT2D eigenvalue weighted by Crippen LogP contribution is -2.39. The lowest BCUT2D eigenvalue weighted by Gasteiger charge is -2.23. The SMILES string of the molecule is NCC1CCCN1C(=O)c1ccc(S(=O)(=O)NCC2CCCO2)cc1. The summed E-state index contributed by atoms with van der Waals surface area (Å²) in [5, 5.41) is 0. The smallest absolute Gasteiger partial charge is 0.254 e. The van der Waals surface area contributed by atoms with Gasteiger partial charge in [0.1, 0.15) is 0 Å². The minimum absolute atomic E-state index is 0.0565. The highest BCUT2D eigenvalue weighted by molar-refractivity contribution is 7.89. The van der Waals surface area contributed by atoms with Crippen molar-refractivity contribution < 1.29 is 17.9 Å². The van der Waals surface area contributed by atoms with Crippen LogP contribution in [0.25, 0.3) is 0 Å². The van der Waals surface area contributed by atoms with Gasteiger partial charge in [0.25, 0.3) is 5.91 Å². The fourth-order valence-corrected chi connectivity index (χ4v) is 4.45. The minimum atomic E-state index is -3.60. The second kappa shape index (κ2) is 7.82. The van der Waals surface area contributed by atoms with Crippen molar-refractivity contribution in [2.45, 2.75) is 42.7 Å². The van der Waals surface area contributed by atoms with Crippen LogP contribution < -0.4 is 10.5 Å². The number of hydrogen-bond acceptors (Lipinski definition) is 5. The largest absolute Gasteiger partial charge is 0.377 e. The topological polar surface area (TPSA) is 102 Å². The summed E-state index contributed by atoms with van der Waals surface area (Å²) in [4.78, 5) is 14.5. The van der Waals surface area contributed by atoms with Gasteiger partial charge < -0.3 is 15.4 Å². The molecule has 1 aromatic rings. The standard InChI is InChI=1S/C17H25N3O4S/c18-11-14-3-1-9-20(14)17(21)13-5-7-16(8-6-13)25(22,23)19-12-15-4-2-10-24-15/h5-8,14-15,19H,1-4,9-12,18H2. The molecule has 3 rings (SSSR count). The van der Waals surface area contributed by atoms with Gasteiger partial charge in [-0.3, -0.25) is 4.79 Å². The van der Waals surface area contributed by atoms with Crippen molar-refractivity contribution in [2.75, 3.05) is 26.2 Å².